The molecule has 0 aliphatic carbocycles. The SMILES string of the molecule is CC1CC(c2cc(F)cc3ccoc23)=CCN1.Cl. The Labute approximate surface area is 111 Å². The van der Waals surface area contributed by atoms with Gasteiger partial charge < -0.3 is 9.73 Å². The van der Waals surface area contributed by atoms with Gasteiger partial charge in [0, 0.05) is 23.5 Å². The van der Waals surface area contributed by atoms with Gasteiger partial charge >= 0.3 is 0 Å². The fourth-order valence-corrected chi connectivity index (χ4v) is 2.37. The van der Waals surface area contributed by atoms with Crippen molar-refractivity contribution in [1.82, 2.24) is 5.32 Å². The molecule has 0 spiro atoms. The lowest BCUT2D eigenvalue weighted by Gasteiger charge is -2.21. The lowest BCUT2D eigenvalue weighted by molar-refractivity contribution is 0.576. The van der Waals surface area contributed by atoms with E-state index in [1.54, 1.807) is 18.4 Å². The van der Waals surface area contributed by atoms with Crippen molar-refractivity contribution >= 4 is 28.9 Å². The monoisotopic (exact) mass is 267 g/mol. The summed E-state index contributed by atoms with van der Waals surface area (Å²) in [6.07, 6.45) is 4.62. The first-order chi connectivity index (χ1) is 8.24. The average molecular weight is 268 g/mol. The molecule has 3 rings (SSSR count). The van der Waals surface area contributed by atoms with Gasteiger partial charge in [0.05, 0.1) is 6.26 Å². The van der Waals surface area contributed by atoms with Gasteiger partial charge in [0.25, 0.3) is 0 Å². The van der Waals surface area contributed by atoms with Gasteiger partial charge in [0.1, 0.15) is 11.4 Å². The van der Waals surface area contributed by atoms with Crippen molar-refractivity contribution in [3.05, 3.63) is 41.9 Å². The highest BCUT2D eigenvalue weighted by molar-refractivity contribution is 5.90. The maximum atomic E-state index is 13.5. The Morgan fingerprint density at radius 1 is 1.39 bits per heavy atom. The third-order valence-corrected chi connectivity index (χ3v) is 3.20. The molecule has 0 amide bonds. The van der Waals surface area contributed by atoms with E-state index in [4.69, 9.17) is 4.42 Å². The molecule has 4 heteroatoms. The van der Waals surface area contributed by atoms with Crippen molar-refractivity contribution in [3.63, 3.8) is 0 Å². The molecule has 1 atom stereocenters. The predicted molar refractivity (Wildman–Crippen MR) is 73.5 cm³/mol. The van der Waals surface area contributed by atoms with E-state index in [9.17, 15) is 4.39 Å². The Kier molecular flexibility index (Phi) is 3.73. The Bertz CT molecular complexity index is 590. The van der Waals surface area contributed by atoms with Gasteiger partial charge in [-0.2, -0.15) is 0 Å². The molecular weight excluding hydrogens is 253 g/mol. The van der Waals surface area contributed by atoms with Gasteiger partial charge in [0.2, 0.25) is 0 Å². The molecule has 2 nitrogen and oxygen atoms in total. The van der Waals surface area contributed by atoms with Crippen LogP contribution in [-0.2, 0) is 0 Å². The zero-order chi connectivity index (χ0) is 11.8. The molecule has 1 aromatic carbocycles. The third kappa shape index (κ3) is 2.28. The smallest absolute Gasteiger partial charge is 0.141 e. The largest absolute Gasteiger partial charge is 0.464 e. The van der Waals surface area contributed by atoms with Crippen LogP contribution in [0.15, 0.2) is 35.0 Å². The van der Waals surface area contributed by atoms with Gasteiger partial charge in [-0.25, -0.2) is 4.39 Å². The van der Waals surface area contributed by atoms with Crippen molar-refractivity contribution in [2.24, 2.45) is 0 Å². The van der Waals surface area contributed by atoms with E-state index in [2.05, 4.69) is 18.3 Å². The highest BCUT2D eigenvalue weighted by Gasteiger charge is 2.16. The molecule has 0 saturated heterocycles. The summed E-state index contributed by atoms with van der Waals surface area (Å²) in [5.41, 5.74) is 2.83. The topological polar surface area (TPSA) is 25.2 Å². The van der Waals surface area contributed by atoms with Crippen molar-refractivity contribution in [2.75, 3.05) is 6.54 Å². The van der Waals surface area contributed by atoms with E-state index < -0.39 is 0 Å². The highest BCUT2D eigenvalue weighted by Crippen LogP contribution is 2.30. The minimum absolute atomic E-state index is 0. The molecule has 2 heterocycles. The van der Waals surface area contributed by atoms with Gasteiger partial charge in [-0.3, -0.25) is 0 Å². The average Bonchev–Trinajstić information content (AvgIpc) is 2.75. The van der Waals surface area contributed by atoms with Crippen LogP contribution >= 0.6 is 12.4 Å². The molecular formula is C14H15ClFNO. The molecule has 1 unspecified atom stereocenters. The molecule has 96 valence electrons. The van der Waals surface area contributed by atoms with Gasteiger partial charge in [0.15, 0.2) is 0 Å². The third-order valence-electron chi connectivity index (χ3n) is 3.20. The summed E-state index contributed by atoms with van der Waals surface area (Å²) < 4.78 is 19.0. The van der Waals surface area contributed by atoms with Crippen LogP contribution in [0.4, 0.5) is 4.39 Å². The first-order valence-electron chi connectivity index (χ1n) is 5.83. The van der Waals surface area contributed by atoms with Crippen molar-refractivity contribution < 1.29 is 8.81 Å². The number of furan rings is 1. The van der Waals surface area contributed by atoms with Crippen LogP contribution in [0.5, 0.6) is 0 Å². The first kappa shape index (κ1) is 13.1. The van der Waals surface area contributed by atoms with E-state index in [1.165, 1.54) is 6.07 Å². The Morgan fingerprint density at radius 2 is 2.22 bits per heavy atom. The summed E-state index contributed by atoms with van der Waals surface area (Å²) in [4.78, 5) is 0. The summed E-state index contributed by atoms with van der Waals surface area (Å²) in [6.45, 7) is 2.96. The number of rotatable bonds is 1. The number of nitrogens with one attached hydrogen (secondary N) is 1. The fourth-order valence-electron chi connectivity index (χ4n) is 2.37. The van der Waals surface area contributed by atoms with Crippen LogP contribution in [-0.4, -0.2) is 12.6 Å². The van der Waals surface area contributed by atoms with E-state index in [0.717, 1.165) is 35.1 Å². The summed E-state index contributed by atoms with van der Waals surface area (Å²) in [5.74, 6) is -0.207. The molecule has 0 radical (unpaired) electrons. The number of hydrogen-bond donors (Lipinski definition) is 1. The molecule has 0 saturated carbocycles. The van der Waals surface area contributed by atoms with Crippen LogP contribution in [0.2, 0.25) is 0 Å². The first-order valence-corrected chi connectivity index (χ1v) is 5.83. The molecule has 2 aromatic rings. The number of hydrogen-bond acceptors (Lipinski definition) is 2. The molecule has 1 N–H and O–H groups in total. The zero-order valence-electron chi connectivity index (χ0n) is 10.1. The van der Waals surface area contributed by atoms with Crippen LogP contribution < -0.4 is 5.32 Å². The quantitative estimate of drug-likeness (QED) is 0.851. The summed E-state index contributed by atoms with van der Waals surface area (Å²) >= 11 is 0. The molecule has 0 fully saturated rings. The summed E-state index contributed by atoms with van der Waals surface area (Å²) in [5, 5.41) is 4.16. The van der Waals surface area contributed by atoms with E-state index in [-0.39, 0.29) is 18.2 Å². The lowest BCUT2D eigenvalue weighted by Crippen LogP contribution is -2.29. The van der Waals surface area contributed by atoms with Crippen molar-refractivity contribution in [2.45, 2.75) is 19.4 Å². The van der Waals surface area contributed by atoms with Gasteiger partial charge in [-0.1, -0.05) is 6.08 Å². The normalized spacial score (nSPS) is 19.4. The zero-order valence-corrected chi connectivity index (χ0v) is 10.9. The molecule has 1 aromatic heterocycles. The minimum Gasteiger partial charge on any atom is -0.464 e. The van der Waals surface area contributed by atoms with Gasteiger partial charge in [-0.15, -0.1) is 12.4 Å². The number of halogens is 2. The minimum atomic E-state index is -0.207. The second-order valence-corrected chi connectivity index (χ2v) is 4.54. The van der Waals surface area contributed by atoms with E-state index in [1.807, 2.05) is 0 Å². The number of fused-ring (bicyclic) bond motifs is 1. The number of benzene rings is 1. The Balaban J connectivity index is 0.00000120. The predicted octanol–water partition coefficient (Wildman–Crippen LogP) is 3.76. The molecule has 1 aliphatic heterocycles. The van der Waals surface area contributed by atoms with E-state index in [0.29, 0.717) is 6.04 Å². The maximum absolute atomic E-state index is 13.5. The Hall–Kier alpha value is -1.32. The van der Waals surface area contributed by atoms with Crippen LogP contribution in [0, 0.1) is 5.82 Å². The highest BCUT2D eigenvalue weighted by atomic mass is 35.5. The maximum Gasteiger partial charge on any atom is 0.141 e. The summed E-state index contributed by atoms with van der Waals surface area (Å²) in [6, 6.07) is 5.29. The molecule has 0 bridgehead atoms. The summed E-state index contributed by atoms with van der Waals surface area (Å²) in [7, 11) is 0. The van der Waals surface area contributed by atoms with Crippen LogP contribution in [0.3, 0.4) is 0 Å². The van der Waals surface area contributed by atoms with Crippen molar-refractivity contribution in [3.8, 4) is 0 Å². The van der Waals surface area contributed by atoms with E-state index >= 15 is 0 Å². The van der Waals surface area contributed by atoms with Crippen molar-refractivity contribution in [1.29, 1.82) is 0 Å². The van der Waals surface area contributed by atoms with Gasteiger partial charge in [-0.05, 0) is 37.1 Å². The second-order valence-electron chi connectivity index (χ2n) is 4.54. The fraction of sp³-hybridized carbons (Fsp3) is 0.286. The lowest BCUT2D eigenvalue weighted by atomic mass is 9.95. The Morgan fingerprint density at radius 3 is 3.00 bits per heavy atom. The molecule has 1 aliphatic rings. The molecule has 18 heavy (non-hydrogen) atoms. The second kappa shape index (κ2) is 5.12. The standard InChI is InChI=1S/C14H14FNO.ClH/c1-9-6-10(2-4-16-9)13-8-12(15)7-11-3-5-17-14(11)13;/h2-3,5,7-9,16H,4,6H2,1H3;1H. The van der Waals surface area contributed by atoms with Crippen LogP contribution in [0.25, 0.3) is 16.5 Å². The van der Waals surface area contributed by atoms with Crippen LogP contribution in [0.1, 0.15) is 18.9 Å².